The number of benzene rings is 1. The Balaban J connectivity index is 1.69. The molecule has 0 saturated carbocycles. The van der Waals surface area contributed by atoms with Crippen LogP contribution in [-0.4, -0.2) is 26.2 Å². The molecule has 4 N–H and O–H groups in total. The van der Waals surface area contributed by atoms with E-state index >= 15 is 0 Å². The zero-order valence-corrected chi connectivity index (χ0v) is 14.1. The van der Waals surface area contributed by atoms with Crippen LogP contribution in [-0.2, 0) is 6.54 Å². The number of aryl methyl sites for hydroxylation is 1. The molecule has 124 valence electrons. The van der Waals surface area contributed by atoms with Crippen LogP contribution in [0.3, 0.4) is 0 Å². The zero-order chi connectivity index (χ0) is 17.1. The predicted octanol–water partition coefficient (Wildman–Crippen LogP) is 3.05. The van der Waals surface area contributed by atoms with Gasteiger partial charge in [-0.25, -0.2) is 4.98 Å². The average Bonchev–Trinajstić information content (AvgIpc) is 3.24. The lowest BCUT2D eigenvalue weighted by atomic mass is 10.1. The Morgan fingerprint density at radius 3 is 2.92 bits per heavy atom. The van der Waals surface area contributed by atoms with E-state index in [4.69, 9.17) is 0 Å². The summed E-state index contributed by atoms with van der Waals surface area (Å²) in [5.41, 5.74) is 3.16. The van der Waals surface area contributed by atoms with Gasteiger partial charge in [0.1, 0.15) is 10.6 Å². The van der Waals surface area contributed by atoms with Crippen LogP contribution in [0.25, 0.3) is 0 Å². The third-order valence-corrected chi connectivity index (χ3v) is 4.57. The smallest absolute Gasteiger partial charge is 0.267 e. The number of nitrogens with zero attached hydrogens (tertiary/aromatic N) is 2. The van der Waals surface area contributed by atoms with E-state index in [-0.39, 0.29) is 11.7 Å². The largest absolute Gasteiger partial charge is 0.508 e. The Bertz CT molecular complexity index is 857. The maximum Gasteiger partial charge on any atom is 0.267 e. The van der Waals surface area contributed by atoms with Gasteiger partial charge in [-0.05, 0) is 25.5 Å². The van der Waals surface area contributed by atoms with E-state index in [1.165, 1.54) is 17.5 Å². The molecule has 0 fully saturated rings. The molecule has 2 aromatic heterocycles. The van der Waals surface area contributed by atoms with Gasteiger partial charge in [-0.3, -0.25) is 9.89 Å². The number of H-pyrrole nitrogens is 1. The molecule has 3 rings (SSSR count). The van der Waals surface area contributed by atoms with Crippen LogP contribution >= 0.6 is 11.3 Å². The highest BCUT2D eigenvalue weighted by molar-refractivity contribution is 7.17. The van der Waals surface area contributed by atoms with Gasteiger partial charge in [-0.2, -0.15) is 5.10 Å². The van der Waals surface area contributed by atoms with Crippen LogP contribution in [0.15, 0.2) is 30.7 Å². The van der Waals surface area contributed by atoms with Gasteiger partial charge in [0.2, 0.25) is 0 Å². The summed E-state index contributed by atoms with van der Waals surface area (Å²) in [5.74, 6) is -0.0941. The van der Waals surface area contributed by atoms with Crippen molar-refractivity contribution in [1.82, 2.24) is 15.2 Å². The summed E-state index contributed by atoms with van der Waals surface area (Å²) in [7, 11) is 0. The fourth-order valence-electron chi connectivity index (χ4n) is 2.22. The number of hydrogen-bond acceptors (Lipinski definition) is 6. The highest BCUT2D eigenvalue weighted by Gasteiger charge is 2.14. The van der Waals surface area contributed by atoms with Crippen LogP contribution in [0.1, 0.15) is 26.4 Å². The zero-order valence-electron chi connectivity index (χ0n) is 13.3. The number of aromatic nitrogens is 3. The van der Waals surface area contributed by atoms with Gasteiger partial charge in [0.15, 0.2) is 5.13 Å². The standard InChI is InChI=1S/C16H17N5O2S/c1-9-3-4-12(22)10(2)14(9)21-15(23)13-8-18-16(24-13)17-5-11-6-19-20-7-11/h3-4,6-8,22H,5H2,1-2H3,(H,17,18)(H,19,20)(H,21,23). The van der Waals surface area contributed by atoms with E-state index < -0.39 is 0 Å². The molecule has 0 radical (unpaired) electrons. The second kappa shape index (κ2) is 6.71. The maximum absolute atomic E-state index is 12.4. The third kappa shape index (κ3) is 3.38. The molecule has 0 aliphatic heterocycles. The Morgan fingerprint density at radius 2 is 2.17 bits per heavy atom. The van der Waals surface area contributed by atoms with Crippen molar-refractivity contribution in [3.05, 3.63) is 52.3 Å². The Hall–Kier alpha value is -2.87. The molecule has 0 atom stereocenters. The lowest BCUT2D eigenvalue weighted by Gasteiger charge is -2.11. The summed E-state index contributed by atoms with van der Waals surface area (Å²) in [4.78, 5) is 17.1. The Labute approximate surface area is 142 Å². The van der Waals surface area contributed by atoms with Crippen molar-refractivity contribution in [3.63, 3.8) is 0 Å². The minimum Gasteiger partial charge on any atom is -0.508 e. The molecule has 0 bridgehead atoms. The molecule has 1 amide bonds. The third-order valence-electron chi connectivity index (χ3n) is 3.61. The van der Waals surface area contributed by atoms with E-state index in [9.17, 15) is 9.90 Å². The Morgan fingerprint density at radius 1 is 1.33 bits per heavy atom. The molecular weight excluding hydrogens is 326 g/mol. The van der Waals surface area contributed by atoms with E-state index in [0.717, 1.165) is 11.1 Å². The first-order valence-electron chi connectivity index (χ1n) is 7.32. The summed E-state index contributed by atoms with van der Waals surface area (Å²) in [6.45, 7) is 4.23. The SMILES string of the molecule is Cc1ccc(O)c(C)c1NC(=O)c1cnc(NCc2cn[nH]c2)s1. The topological polar surface area (TPSA) is 103 Å². The molecule has 0 saturated heterocycles. The van der Waals surface area contributed by atoms with Crippen molar-refractivity contribution in [2.24, 2.45) is 0 Å². The number of phenols is 1. The molecule has 0 unspecified atom stereocenters. The van der Waals surface area contributed by atoms with Crippen molar-refractivity contribution in [1.29, 1.82) is 0 Å². The lowest BCUT2D eigenvalue weighted by molar-refractivity contribution is 0.103. The molecule has 0 spiro atoms. The first kappa shape index (κ1) is 16.0. The average molecular weight is 343 g/mol. The number of carbonyl (C=O) groups is 1. The number of hydrogen-bond donors (Lipinski definition) is 4. The second-order valence-electron chi connectivity index (χ2n) is 5.35. The first-order chi connectivity index (χ1) is 11.5. The van der Waals surface area contributed by atoms with Crippen LogP contribution in [0.5, 0.6) is 5.75 Å². The number of aromatic hydroxyl groups is 1. The van der Waals surface area contributed by atoms with Gasteiger partial charge in [0, 0.05) is 23.9 Å². The Kier molecular flexibility index (Phi) is 4.48. The minimum atomic E-state index is -0.249. The highest BCUT2D eigenvalue weighted by Crippen LogP contribution is 2.29. The molecule has 0 aliphatic rings. The highest BCUT2D eigenvalue weighted by atomic mass is 32.1. The summed E-state index contributed by atoms with van der Waals surface area (Å²) >= 11 is 1.27. The summed E-state index contributed by atoms with van der Waals surface area (Å²) in [6, 6.07) is 3.38. The van der Waals surface area contributed by atoms with Gasteiger partial charge >= 0.3 is 0 Å². The summed E-state index contributed by atoms with van der Waals surface area (Å²) in [6.07, 6.45) is 5.05. The lowest BCUT2D eigenvalue weighted by Crippen LogP contribution is -2.12. The second-order valence-corrected chi connectivity index (χ2v) is 6.38. The molecule has 8 heteroatoms. The number of nitrogens with one attached hydrogen (secondary N) is 3. The number of amides is 1. The molecule has 7 nitrogen and oxygen atoms in total. The number of thiazole rings is 1. The van der Waals surface area contributed by atoms with Crippen LogP contribution < -0.4 is 10.6 Å². The normalized spacial score (nSPS) is 10.6. The van der Waals surface area contributed by atoms with Gasteiger partial charge < -0.3 is 15.7 Å². The number of phenolic OH excluding ortho intramolecular Hbond substituents is 1. The monoisotopic (exact) mass is 343 g/mol. The van der Waals surface area contributed by atoms with Crippen LogP contribution in [0.4, 0.5) is 10.8 Å². The van der Waals surface area contributed by atoms with Crippen molar-refractivity contribution < 1.29 is 9.90 Å². The maximum atomic E-state index is 12.4. The van der Waals surface area contributed by atoms with Crippen LogP contribution in [0.2, 0.25) is 0 Å². The van der Waals surface area contributed by atoms with E-state index in [1.54, 1.807) is 31.5 Å². The minimum absolute atomic E-state index is 0.155. The van der Waals surface area contributed by atoms with Crippen molar-refractivity contribution in [3.8, 4) is 5.75 Å². The number of aromatic amines is 1. The van der Waals surface area contributed by atoms with Crippen molar-refractivity contribution in [2.75, 3.05) is 10.6 Å². The molecule has 2 heterocycles. The van der Waals surface area contributed by atoms with Crippen LogP contribution in [0, 0.1) is 13.8 Å². The van der Waals surface area contributed by atoms with Crippen molar-refractivity contribution in [2.45, 2.75) is 20.4 Å². The number of rotatable bonds is 5. The number of anilines is 2. The molecule has 3 aromatic rings. The number of carbonyl (C=O) groups excluding carboxylic acids is 1. The molecular formula is C16H17N5O2S. The van der Waals surface area contributed by atoms with E-state index in [1.807, 2.05) is 6.92 Å². The molecule has 0 aliphatic carbocycles. The predicted molar refractivity (Wildman–Crippen MR) is 93.6 cm³/mol. The van der Waals surface area contributed by atoms with E-state index in [0.29, 0.717) is 27.8 Å². The molecule has 24 heavy (non-hydrogen) atoms. The first-order valence-corrected chi connectivity index (χ1v) is 8.14. The fraction of sp³-hybridized carbons (Fsp3) is 0.188. The van der Waals surface area contributed by atoms with Gasteiger partial charge in [-0.15, -0.1) is 0 Å². The molecule has 1 aromatic carbocycles. The van der Waals surface area contributed by atoms with E-state index in [2.05, 4.69) is 25.8 Å². The summed E-state index contributed by atoms with van der Waals surface area (Å²) < 4.78 is 0. The summed E-state index contributed by atoms with van der Waals surface area (Å²) in [5, 5.41) is 23.1. The van der Waals surface area contributed by atoms with Gasteiger partial charge in [0.05, 0.1) is 18.1 Å². The van der Waals surface area contributed by atoms with Gasteiger partial charge in [0.25, 0.3) is 5.91 Å². The fourth-order valence-corrected chi connectivity index (χ4v) is 2.92. The van der Waals surface area contributed by atoms with Gasteiger partial charge in [-0.1, -0.05) is 17.4 Å². The quantitative estimate of drug-likeness (QED) is 0.570. The van der Waals surface area contributed by atoms with Crippen molar-refractivity contribution >= 4 is 28.1 Å².